The van der Waals surface area contributed by atoms with Gasteiger partial charge in [0, 0.05) is 0 Å². The Labute approximate surface area is 123 Å². The fourth-order valence-corrected chi connectivity index (χ4v) is 2.37. The monoisotopic (exact) mass is 266 g/mol. The summed E-state index contributed by atoms with van der Waals surface area (Å²) in [5.74, 6) is 3.34. The third kappa shape index (κ3) is 11.3. The molecule has 114 valence electrons. The summed E-state index contributed by atoms with van der Waals surface area (Å²) < 4.78 is 0. The fourth-order valence-electron chi connectivity index (χ4n) is 2.37. The van der Waals surface area contributed by atoms with Gasteiger partial charge in [-0.3, -0.25) is 0 Å². The van der Waals surface area contributed by atoms with Gasteiger partial charge in [-0.2, -0.15) is 0 Å². The molecule has 0 aromatic rings. The highest BCUT2D eigenvalue weighted by atomic mass is 14.1. The second kappa shape index (κ2) is 11.6. The molecular weight excluding hydrogens is 228 g/mol. The summed E-state index contributed by atoms with van der Waals surface area (Å²) in [6.45, 7) is 14.1. The predicted octanol–water partition coefficient (Wildman–Crippen LogP) is 6.86. The molecule has 19 heavy (non-hydrogen) atoms. The van der Waals surface area contributed by atoms with Crippen molar-refractivity contribution in [3.8, 4) is 0 Å². The summed E-state index contributed by atoms with van der Waals surface area (Å²) in [6.07, 6.45) is 14.4. The number of unbranched alkanes of at least 4 members (excludes halogenated alkanes) is 1. The van der Waals surface area contributed by atoms with Gasteiger partial charge in [-0.1, -0.05) is 85.8 Å². The van der Waals surface area contributed by atoms with Gasteiger partial charge in [-0.05, 0) is 36.5 Å². The first kappa shape index (κ1) is 18.7. The van der Waals surface area contributed by atoms with E-state index in [2.05, 4.69) is 53.7 Å². The first-order valence-corrected chi connectivity index (χ1v) is 8.64. The van der Waals surface area contributed by atoms with Crippen LogP contribution in [0.25, 0.3) is 0 Å². The molecule has 3 atom stereocenters. The summed E-state index contributed by atoms with van der Waals surface area (Å²) in [4.78, 5) is 0. The molecule has 0 fully saturated rings. The highest BCUT2D eigenvalue weighted by Gasteiger charge is 2.08. The Balaban J connectivity index is 3.68. The molecule has 0 nitrogen and oxygen atoms in total. The number of hydrogen-bond donors (Lipinski definition) is 0. The topological polar surface area (TPSA) is 0 Å². The fraction of sp³-hybridized carbons (Fsp3) is 0.895. The Kier molecular flexibility index (Phi) is 11.4. The molecule has 0 aromatic carbocycles. The van der Waals surface area contributed by atoms with Crippen LogP contribution in [0.15, 0.2) is 12.2 Å². The number of hydrogen-bond acceptors (Lipinski definition) is 0. The molecular formula is C19H38. The standard InChI is InChI=1S/C19H38/c1-7-17(4)13-9-11-15-19(6)18(5)14-10-8-12-16(2)3/h11,15-19H,7-10,12-14H2,1-6H3. The van der Waals surface area contributed by atoms with Crippen molar-refractivity contribution in [1.82, 2.24) is 0 Å². The van der Waals surface area contributed by atoms with Crippen molar-refractivity contribution in [2.24, 2.45) is 23.7 Å². The van der Waals surface area contributed by atoms with Gasteiger partial charge in [-0.15, -0.1) is 0 Å². The maximum atomic E-state index is 2.45. The van der Waals surface area contributed by atoms with Gasteiger partial charge in [-0.25, -0.2) is 0 Å². The van der Waals surface area contributed by atoms with Crippen LogP contribution in [0.5, 0.6) is 0 Å². The molecule has 0 heteroatoms. The van der Waals surface area contributed by atoms with E-state index in [4.69, 9.17) is 0 Å². The summed E-state index contributed by atoms with van der Waals surface area (Å²) in [7, 11) is 0. The minimum atomic E-state index is 0.746. The zero-order chi connectivity index (χ0) is 14.7. The lowest BCUT2D eigenvalue weighted by atomic mass is 9.89. The highest BCUT2D eigenvalue weighted by molar-refractivity contribution is 4.88. The zero-order valence-electron chi connectivity index (χ0n) is 14.4. The summed E-state index contributed by atoms with van der Waals surface area (Å²) >= 11 is 0. The van der Waals surface area contributed by atoms with E-state index in [0.29, 0.717) is 0 Å². The van der Waals surface area contributed by atoms with Gasteiger partial charge >= 0.3 is 0 Å². The molecule has 0 aromatic heterocycles. The van der Waals surface area contributed by atoms with Gasteiger partial charge in [0.25, 0.3) is 0 Å². The van der Waals surface area contributed by atoms with Gasteiger partial charge in [0.2, 0.25) is 0 Å². The third-order valence-corrected chi connectivity index (χ3v) is 4.55. The van der Waals surface area contributed by atoms with Crippen molar-refractivity contribution in [2.45, 2.75) is 86.5 Å². The van der Waals surface area contributed by atoms with Gasteiger partial charge < -0.3 is 0 Å². The lowest BCUT2D eigenvalue weighted by Gasteiger charge is -2.17. The van der Waals surface area contributed by atoms with Crippen LogP contribution in [-0.4, -0.2) is 0 Å². The smallest absolute Gasteiger partial charge is 0.0236 e. The first-order valence-electron chi connectivity index (χ1n) is 8.64. The van der Waals surface area contributed by atoms with Crippen molar-refractivity contribution >= 4 is 0 Å². The molecule has 0 saturated heterocycles. The van der Waals surface area contributed by atoms with E-state index >= 15 is 0 Å². The average Bonchev–Trinajstić information content (AvgIpc) is 2.38. The van der Waals surface area contributed by atoms with Crippen LogP contribution in [0.3, 0.4) is 0 Å². The average molecular weight is 267 g/mol. The lowest BCUT2D eigenvalue weighted by Crippen LogP contribution is -2.05. The van der Waals surface area contributed by atoms with E-state index in [1.165, 1.54) is 44.9 Å². The van der Waals surface area contributed by atoms with E-state index < -0.39 is 0 Å². The van der Waals surface area contributed by atoms with Gasteiger partial charge in [0.15, 0.2) is 0 Å². The Bertz CT molecular complexity index is 214. The second-order valence-corrected chi connectivity index (χ2v) is 7.03. The SMILES string of the molecule is CCC(C)CCC=CC(C)C(C)CCCCC(C)C. The van der Waals surface area contributed by atoms with Crippen LogP contribution in [0.2, 0.25) is 0 Å². The predicted molar refractivity (Wildman–Crippen MR) is 89.5 cm³/mol. The number of rotatable bonds is 11. The second-order valence-electron chi connectivity index (χ2n) is 7.03. The Hall–Kier alpha value is -0.260. The molecule has 0 amide bonds. The van der Waals surface area contributed by atoms with E-state index in [0.717, 1.165) is 23.7 Å². The summed E-state index contributed by atoms with van der Waals surface area (Å²) in [5.41, 5.74) is 0. The Morgan fingerprint density at radius 3 is 2.05 bits per heavy atom. The minimum Gasteiger partial charge on any atom is -0.0883 e. The maximum Gasteiger partial charge on any atom is -0.0236 e. The lowest BCUT2D eigenvalue weighted by molar-refractivity contribution is 0.397. The van der Waals surface area contributed by atoms with Gasteiger partial charge in [0.05, 0.1) is 0 Å². The minimum absolute atomic E-state index is 0.746. The van der Waals surface area contributed by atoms with Crippen LogP contribution >= 0.6 is 0 Å². The van der Waals surface area contributed by atoms with E-state index in [9.17, 15) is 0 Å². The molecule has 0 aliphatic rings. The van der Waals surface area contributed by atoms with Crippen LogP contribution in [0, 0.1) is 23.7 Å². The summed E-state index contributed by atoms with van der Waals surface area (Å²) in [6, 6.07) is 0. The molecule has 0 aliphatic carbocycles. The zero-order valence-corrected chi connectivity index (χ0v) is 14.4. The highest BCUT2D eigenvalue weighted by Crippen LogP contribution is 2.21. The van der Waals surface area contributed by atoms with Crippen molar-refractivity contribution in [1.29, 1.82) is 0 Å². The van der Waals surface area contributed by atoms with E-state index in [-0.39, 0.29) is 0 Å². The van der Waals surface area contributed by atoms with Crippen molar-refractivity contribution in [2.75, 3.05) is 0 Å². The van der Waals surface area contributed by atoms with Crippen LogP contribution in [0.1, 0.15) is 86.5 Å². The van der Waals surface area contributed by atoms with E-state index in [1.807, 2.05) is 0 Å². The van der Waals surface area contributed by atoms with Crippen molar-refractivity contribution in [3.05, 3.63) is 12.2 Å². The quantitative estimate of drug-likeness (QED) is 0.283. The molecule has 0 bridgehead atoms. The molecule has 0 N–H and O–H groups in total. The van der Waals surface area contributed by atoms with Crippen molar-refractivity contribution < 1.29 is 0 Å². The molecule has 0 rings (SSSR count). The normalized spacial score (nSPS) is 17.0. The molecule has 0 spiro atoms. The van der Waals surface area contributed by atoms with E-state index in [1.54, 1.807) is 0 Å². The Morgan fingerprint density at radius 2 is 1.47 bits per heavy atom. The molecule has 0 radical (unpaired) electrons. The van der Waals surface area contributed by atoms with Crippen molar-refractivity contribution in [3.63, 3.8) is 0 Å². The summed E-state index contributed by atoms with van der Waals surface area (Å²) in [5, 5.41) is 0. The number of allylic oxidation sites excluding steroid dienone is 2. The van der Waals surface area contributed by atoms with Crippen LogP contribution in [-0.2, 0) is 0 Å². The molecule has 0 heterocycles. The van der Waals surface area contributed by atoms with Gasteiger partial charge in [0.1, 0.15) is 0 Å². The largest absolute Gasteiger partial charge is 0.0883 e. The Morgan fingerprint density at radius 1 is 0.842 bits per heavy atom. The first-order chi connectivity index (χ1) is 8.97. The van der Waals surface area contributed by atoms with Crippen LogP contribution < -0.4 is 0 Å². The third-order valence-electron chi connectivity index (χ3n) is 4.55. The molecule has 0 saturated carbocycles. The maximum absolute atomic E-state index is 2.45. The molecule has 3 unspecified atom stereocenters. The molecule has 0 aliphatic heterocycles. The van der Waals surface area contributed by atoms with Crippen LogP contribution in [0.4, 0.5) is 0 Å².